The number of carbonyl (C=O) groups is 1. The minimum atomic E-state index is -0.546. The second-order valence-electron chi connectivity index (χ2n) is 11.0. The summed E-state index contributed by atoms with van der Waals surface area (Å²) in [7, 11) is 0. The zero-order valence-corrected chi connectivity index (χ0v) is 16.3. The van der Waals surface area contributed by atoms with Crippen LogP contribution in [0.5, 0.6) is 0 Å². The molecule has 0 radical (unpaired) electrons. The molecular formula is C23H34O2. The van der Waals surface area contributed by atoms with Gasteiger partial charge in [0.15, 0.2) is 5.78 Å². The zero-order chi connectivity index (χ0) is 17.7. The van der Waals surface area contributed by atoms with Crippen LogP contribution in [0.15, 0.2) is 11.6 Å². The highest BCUT2D eigenvalue weighted by atomic mass is 16.3. The first kappa shape index (κ1) is 16.5. The van der Waals surface area contributed by atoms with Crippen molar-refractivity contribution in [3.8, 4) is 0 Å². The molecule has 0 aliphatic heterocycles. The molecule has 5 aliphatic carbocycles. The Morgan fingerprint density at radius 2 is 1.96 bits per heavy atom. The lowest BCUT2D eigenvalue weighted by Gasteiger charge is -2.58. The van der Waals surface area contributed by atoms with Crippen LogP contribution in [-0.2, 0) is 4.79 Å². The molecule has 2 nitrogen and oxygen atoms in total. The van der Waals surface area contributed by atoms with E-state index in [4.69, 9.17) is 0 Å². The van der Waals surface area contributed by atoms with Gasteiger partial charge in [0, 0.05) is 6.42 Å². The van der Waals surface area contributed by atoms with Gasteiger partial charge in [0.1, 0.15) is 0 Å². The minimum absolute atomic E-state index is 0.326. The van der Waals surface area contributed by atoms with Gasteiger partial charge in [0.05, 0.1) is 5.60 Å². The average molecular weight is 343 g/mol. The van der Waals surface area contributed by atoms with Crippen LogP contribution in [0.4, 0.5) is 0 Å². The van der Waals surface area contributed by atoms with Gasteiger partial charge in [-0.3, -0.25) is 4.79 Å². The second kappa shape index (κ2) is 5.00. The largest absolute Gasteiger partial charge is 0.390 e. The molecule has 138 valence electrons. The maximum Gasteiger partial charge on any atom is 0.155 e. The SMILES string of the molecule is C[C@@H]1CC2=CC(=O)CC[C@@H]2[C@H]2CC[C@@]3(C)[C@@H]([C@H]4C[C@H]4[C@H]3C(C)(C)O)[C@@H]21. The van der Waals surface area contributed by atoms with Crippen LogP contribution in [0.25, 0.3) is 0 Å². The third kappa shape index (κ3) is 2.16. The summed E-state index contributed by atoms with van der Waals surface area (Å²) in [5.74, 6) is 6.28. The Labute approximate surface area is 152 Å². The van der Waals surface area contributed by atoms with E-state index in [2.05, 4.69) is 27.7 Å². The number of hydrogen-bond donors (Lipinski definition) is 1. The number of rotatable bonds is 1. The molecule has 0 aromatic carbocycles. The maximum absolute atomic E-state index is 11.9. The molecular weight excluding hydrogens is 308 g/mol. The molecule has 0 bridgehead atoms. The smallest absolute Gasteiger partial charge is 0.155 e. The van der Waals surface area contributed by atoms with Gasteiger partial charge in [-0.2, -0.15) is 0 Å². The van der Waals surface area contributed by atoms with Crippen molar-refractivity contribution >= 4 is 5.78 Å². The Hall–Kier alpha value is -0.630. The Morgan fingerprint density at radius 3 is 2.68 bits per heavy atom. The number of hydrogen-bond acceptors (Lipinski definition) is 2. The summed E-state index contributed by atoms with van der Waals surface area (Å²) in [5, 5.41) is 11.0. The van der Waals surface area contributed by atoms with E-state index in [1.54, 1.807) is 0 Å². The third-order valence-corrected chi connectivity index (χ3v) is 9.19. The number of fused-ring (bicyclic) bond motifs is 7. The van der Waals surface area contributed by atoms with E-state index in [-0.39, 0.29) is 0 Å². The Balaban J connectivity index is 1.52. The van der Waals surface area contributed by atoms with Gasteiger partial charge in [-0.1, -0.05) is 19.4 Å². The summed E-state index contributed by atoms with van der Waals surface area (Å²) in [4.78, 5) is 11.9. The summed E-state index contributed by atoms with van der Waals surface area (Å²) in [6.07, 6.45) is 8.99. The maximum atomic E-state index is 11.9. The predicted molar refractivity (Wildman–Crippen MR) is 98.8 cm³/mol. The van der Waals surface area contributed by atoms with E-state index in [0.717, 1.165) is 48.9 Å². The van der Waals surface area contributed by atoms with Gasteiger partial charge in [0.25, 0.3) is 0 Å². The monoisotopic (exact) mass is 342 g/mol. The van der Waals surface area contributed by atoms with Crippen molar-refractivity contribution < 1.29 is 9.90 Å². The molecule has 4 fully saturated rings. The standard InChI is InChI=1S/C23H34O2/c1-12-9-13-10-14(24)5-6-15(13)16-7-8-23(4)20(19(12)16)17-11-18(17)21(23)22(2,3)25/h10,12,15-21,25H,5-9,11H2,1-4H3/t12-,15+,16-,17+,18-,19-,20+,21+,23+/m1/s1. The molecule has 4 saturated carbocycles. The molecule has 5 aliphatic rings. The van der Waals surface area contributed by atoms with Crippen molar-refractivity contribution in [2.45, 2.75) is 71.8 Å². The average Bonchev–Trinajstić information content (AvgIpc) is 3.19. The van der Waals surface area contributed by atoms with E-state index in [1.807, 2.05) is 6.08 Å². The van der Waals surface area contributed by atoms with Crippen molar-refractivity contribution in [1.29, 1.82) is 0 Å². The molecule has 0 aromatic rings. The molecule has 0 heterocycles. The molecule has 2 heteroatoms. The van der Waals surface area contributed by atoms with Crippen LogP contribution in [0.1, 0.15) is 66.2 Å². The molecule has 0 aromatic heterocycles. The summed E-state index contributed by atoms with van der Waals surface area (Å²) in [6.45, 7) is 9.09. The van der Waals surface area contributed by atoms with Gasteiger partial charge < -0.3 is 5.11 Å². The molecule has 0 unspecified atom stereocenters. The van der Waals surface area contributed by atoms with E-state index in [1.165, 1.54) is 24.8 Å². The van der Waals surface area contributed by atoms with E-state index in [9.17, 15) is 9.90 Å². The molecule has 0 saturated heterocycles. The molecule has 1 N–H and O–H groups in total. The second-order valence-corrected chi connectivity index (χ2v) is 11.0. The Morgan fingerprint density at radius 1 is 1.20 bits per heavy atom. The van der Waals surface area contributed by atoms with Crippen molar-refractivity contribution in [2.24, 2.45) is 52.8 Å². The minimum Gasteiger partial charge on any atom is -0.390 e. The first-order valence-electron chi connectivity index (χ1n) is 10.7. The molecule has 5 rings (SSSR count). The third-order valence-electron chi connectivity index (χ3n) is 9.19. The van der Waals surface area contributed by atoms with E-state index in [0.29, 0.717) is 29.0 Å². The molecule has 0 spiro atoms. The number of aliphatic hydroxyl groups is 1. The van der Waals surface area contributed by atoms with Gasteiger partial charge in [-0.05, 0) is 105 Å². The highest BCUT2D eigenvalue weighted by Crippen LogP contribution is 2.76. The Bertz CT molecular complexity index is 641. The van der Waals surface area contributed by atoms with Gasteiger partial charge >= 0.3 is 0 Å². The number of allylic oxidation sites excluding steroid dienone is 1. The highest BCUT2D eigenvalue weighted by molar-refractivity contribution is 5.91. The lowest BCUT2D eigenvalue weighted by Crippen LogP contribution is -2.53. The molecule has 9 atom stereocenters. The molecule has 25 heavy (non-hydrogen) atoms. The Kier molecular flexibility index (Phi) is 3.31. The quantitative estimate of drug-likeness (QED) is 0.755. The van der Waals surface area contributed by atoms with Crippen molar-refractivity contribution in [3.63, 3.8) is 0 Å². The van der Waals surface area contributed by atoms with E-state index >= 15 is 0 Å². The fraction of sp³-hybridized carbons (Fsp3) is 0.870. The lowest BCUT2D eigenvalue weighted by molar-refractivity contribution is -0.120. The van der Waals surface area contributed by atoms with Crippen LogP contribution in [0, 0.1) is 52.8 Å². The summed E-state index contributed by atoms with van der Waals surface area (Å²) >= 11 is 0. The topological polar surface area (TPSA) is 37.3 Å². The van der Waals surface area contributed by atoms with Crippen LogP contribution in [-0.4, -0.2) is 16.5 Å². The lowest BCUT2D eigenvalue weighted by atomic mass is 9.47. The van der Waals surface area contributed by atoms with Crippen molar-refractivity contribution in [3.05, 3.63) is 11.6 Å². The van der Waals surface area contributed by atoms with Crippen LogP contribution in [0.2, 0.25) is 0 Å². The van der Waals surface area contributed by atoms with Crippen molar-refractivity contribution in [1.82, 2.24) is 0 Å². The summed E-state index contributed by atoms with van der Waals surface area (Å²) in [6, 6.07) is 0. The van der Waals surface area contributed by atoms with E-state index < -0.39 is 5.60 Å². The van der Waals surface area contributed by atoms with Gasteiger partial charge in [0.2, 0.25) is 0 Å². The van der Waals surface area contributed by atoms with Crippen LogP contribution >= 0.6 is 0 Å². The molecule has 0 amide bonds. The predicted octanol–water partition coefficient (Wildman–Crippen LogP) is 4.62. The summed E-state index contributed by atoms with van der Waals surface area (Å²) in [5.41, 5.74) is 1.26. The number of ketones is 1. The van der Waals surface area contributed by atoms with Crippen LogP contribution in [0.3, 0.4) is 0 Å². The number of carbonyl (C=O) groups excluding carboxylic acids is 1. The summed E-state index contributed by atoms with van der Waals surface area (Å²) < 4.78 is 0. The van der Waals surface area contributed by atoms with Gasteiger partial charge in [-0.25, -0.2) is 0 Å². The first-order chi connectivity index (χ1) is 11.7. The first-order valence-corrected chi connectivity index (χ1v) is 10.7. The van der Waals surface area contributed by atoms with Gasteiger partial charge in [-0.15, -0.1) is 0 Å². The van der Waals surface area contributed by atoms with Crippen LogP contribution < -0.4 is 0 Å². The fourth-order valence-electron chi connectivity index (χ4n) is 8.85. The zero-order valence-electron chi connectivity index (χ0n) is 16.3. The highest BCUT2D eigenvalue weighted by Gasteiger charge is 2.72. The normalized spacial score (nSPS) is 54.1. The fourth-order valence-corrected chi connectivity index (χ4v) is 8.85. The van der Waals surface area contributed by atoms with Crippen molar-refractivity contribution in [2.75, 3.05) is 0 Å².